The summed E-state index contributed by atoms with van der Waals surface area (Å²) in [6.45, 7) is 1.41. The highest BCUT2D eigenvalue weighted by Gasteiger charge is 2.65. The fourth-order valence-corrected chi connectivity index (χ4v) is 3.59. The van der Waals surface area contributed by atoms with Gasteiger partial charge in [-0.1, -0.05) is 0 Å². The number of benzene rings is 1. The van der Waals surface area contributed by atoms with Crippen LogP contribution >= 0.6 is 0 Å². The summed E-state index contributed by atoms with van der Waals surface area (Å²) in [5.41, 5.74) is 0.191. The van der Waals surface area contributed by atoms with Crippen molar-refractivity contribution in [3.05, 3.63) is 48.3 Å². The number of carbonyl (C=O) groups is 3. The first-order chi connectivity index (χ1) is 14.6. The number of pyridine rings is 1. The predicted octanol–water partition coefficient (Wildman–Crippen LogP) is 3.44. The zero-order valence-electron chi connectivity index (χ0n) is 16.3. The number of urea groups is 1. The van der Waals surface area contributed by atoms with E-state index in [0.717, 1.165) is 17.0 Å². The number of imide groups is 1. The van der Waals surface area contributed by atoms with Gasteiger partial charge in [0.2, 0.25) is 5.91 Å². The van der Waals surface area contributed by atoms with Crippen LogP contribution in [0.2, 0.25) is 0 Å². The molecule has 8 nitrogen and oxygen atoms in total. The first-order valence-corrected chi connectivity index (χ1v) is 9.33. The minimum absolute atomic E-state index is 0.0640. The first kappa shape index (κ1) is 20.6. The van der Waals surface area contributed by atoms with Crippen LogP contribution in [-0.4, -0.2) is 39.6 Å². The summed E-state index contributed by atoms with van der Waals surface area (Å²) in [6.07, 6.45) is -0.921. The average molecular weight is 434 g/mol. The van der Waals surface area contributed by atoms with Crippen molar-refractivity contribution in [3.63, 3.8) is 0 Å². The second-order valence-electron chi connectivity index (χ2n) is 7.30. The number of hydrogen-bond donors (Lipinski definition) is 1. The number of halogens is 3. The Kier molecular flexibility index (Phi) is 4.83. The molecule has 2 heterocycles. The van der Waals surface area contributed by atoms with E-state index in [1.807, 2.05) is 0 Å². The molecule has 2 fully saturated rings. The topological polar surface area (TPSA) is 91.8 Å². The molecule has 1 saturated carbocycles. The van der Waals surface area contributed by atoms with Gasteiger partial charge in [-0.3, -0.25) is 14.6 Å². The number of rotatable bonds is 5. The normalized spacial score (nSPS) is 17.3. The van der Waals surface area contributed by atoms with Crippen LogP contribution in [0.3, 0.4) is 0 Å². The number of hydrogen-bond acceptors (Lipinski definition) is 5. The van der Waals surface area contributed by atoms with Crippen LogP contribution in [0.5, 0.6) is 5.75 Å². The van der Waals surface area contributed by atoms with Crippen molar-refractivity contribution in [2.75, 3.05) is 10.2 Å². The molecule has 1 aliphatic heterocycles. The van der Waals surface area contributed by atoms with Gasteiger partial charge < -0.3 is 15.0 Å². The van der Waals surface area contributed by atoms with E-state index in [4.69, 9.17) is 0 Å². The third-order valence-electron chi connectivity index (χ3n) is 5.14. The van der Waals surface area contributed by atoms with Gasteiger partial charge >= 0.3 is 12.4 Å². The van der Waals surface area contributed by atoms with Crippen LogP contribution in [0.4, 0.5) is 29.3 Å². The molecule has 31 heavy (non-hydrogen) atoms. The van der Waals surface area contributed by atoms with Gasteiger partial charge in [0.1, 0.15) is 11.3 Å². The van der Waals surface area contributed by atoms with Gasteiger partial charge in [-0.15, -0.1) is 13.2 Å². The summed E-state index contributed by atoms with van der Waals surface area (Å²) in [5.74, 6) is -1.19. The van der Waals surface area contributed by atoms with Crippen LogP contribution in [0.25, 0.3) is 0 Å². The standard InChI is InChI=1S/C20H17F3N4O4/c1-12(28)25-16-10-24-9-6-13(16)11-26-18(30)27(17(29)19(26)7-8-19)14-2-4-15(5-3-14)31-20(21,22)23/h2-6,9-10H,7-8,11H2,1H3,(H,25,28). The molecule has 4 rings (SSSR count). The predicted molar refractivity (Wildman–Crippen MR) is 102 cm³/mol. The van der Waals surface area contributed by atoms with E-state index in [-0.39, 0.29) is 18.1 Å². The van der Waals surface area contributed by atoms with Gasteiger partial charge in [0, 0.05) is 13.1 Å². The molecule has 4 amide bonds. The largest absolute Gasteiger partial charge is 0.573 e. The molecular formula is C20H17F3N4O4. The minimum atomic E-state index is -4.84. The van der Waals surface area contributed by atoms with Crippen LogP contribution in [0, 0.1) is 0 Å². The lowest BCUT2D eigenvalue weighted by Gasteiger charge is -2.22. The van der Waals surface area contributed by atoms with Crippen molar-refractivity contribution < 1.29 is 32.3 Å². The molecule has 1 N–H and O–H groups in total. The maximum atomic E-state index is 13.1. The molecule has 1 saturated heterocycles. The third kappa shape index (κ3) is 3.90. The molecule has 162 valence electrons. The molecule has 1 aliphatic carbocycles. The summed E-state index contributed by atoms with van der Waals surface area (Å²) in [5, 5.41) is 2.65. The van der Waals surface area contributed by atoms with Crippen LogP contribution in [-0.2, 0) is 16.1 Å². The summed E-state index contributed by atoms with van der Waals surface area (Å²) < 4.78 is 40.9. The molecular weight excluding hydrogens is 417 g/mol. The van der Waals surface area contributed by atoms with Crippen molar-refractivity contribution >= 4 is 29.2 Å². The van der Waals surface area contributed by atoms with E-state index in [1.54, 1.807) is 6.07 Å². The number of alkyl halides is 3. The summed E-state index contributed by atoms with van der Waals surface area (Å²) >= 11 is 0. The molecule has 1 spiro atoms. The fraction of sp³-hybridized carbons (Fsp3) is 0.300. The van der Waals surface area contributed by atoms with Gasteiger partial charge in [-0.05, 0) is 48.7 Å². The van der Waals surface area contributed by atoms with Gasteiger partial charge in [0.05, 0.1) is 24.1 Å². The molecule has 0 atom stereocenters. The van der Waals surface area contributed by atoms with E-state index in [2.05, 4.69) is 15.0 Å². The zero-order valence-corrected chi connectivity index (χ0v) is 16.3. The molecule has 0 unspecified atom stereocenters. The lowest BCUT2D eigenvalue weighted by molar-refractivity contribution is -0.274. The SMILES string of the molecule is CC(=O)Nc1cnccc1CN1C(=O)N(c2ccc(OC(F)(F)F)cc2)C(=O)C12CC2. The molecule has 0 bridgehead atoms. The van der Waals surface area contributed by atoms with E-state index >= 15 is 0 Å². The summed E-state index contributed by atoms with van der Waals surface area (Å²) in [7, 11) is 0. The Labute approximate surface area is 174 Å². The minimum Gasteiger partial charge on any atom is -0.406 e. The van der Waals surface area contributed by atoms with Crippen molar-refractivity contribution in [2.45, 2.75) is 38.2 Å². The Balaban J connectivity index is 1.60. The van der Waals surface area contributed by atoms with E-state index in [0.29, 0.717) is 24.1 Å². The maximum Gasteiger partial charge on any atom is 0.573 e. The summed E-state index contributed by atoms with van der Waals surface area (Å²) in [4.78, 5) is 44.0. The number of nitrogens with one attached hydrogen (secondary N) is 1. The van der Waals surface area contributed by atoms with Crippen LogP contribution in [0.15, 0.2) is 42.7 Å². The second-order valence-corrected chi connectivity index (χ2v) is 7.30. The number of carbonyl (C=O) groups excluding carboxylic acids is 3. The lowest BCUT2D eigenvalue weighted by Crippen LogP contribution is -2.36. The monoisotopic (exact) mass is 434 g/mol. The van der Waals surface area contributed by atoms with Gasteiger partial charge in [-0.2, -0.15) is 0 Å². The summed E-state index contributed by atoms with van der Waals surface area (Å²) in [6, 6.07) is 5.60. The van der Waals surface area contributed by atoms with Crippen molar-refractivity contribution in [1.82, 2.24) is 9.88 Å². The highest BCUT2D eigenvalue weighted by atomic mass is 19.4. The number of nitrogens with zero attached hydrogens (tertiary/aromatic N) is 3. The maximum absolute atomic E-state index is 13.1. The number of anilines is 2. The molecule has 1 aromatic carbocycles. The molecule has 2 aromatic rings. The Bertz CT molecular complexity index is 1050. The van der Waals surface area contributed by atoms with E-state index in [9.17, 15) is 27.6 Å². The van der Waals surface area contributed by atoms with Crippen molar-refractivity contribution in [2.24, 2.45) is 0 Å². The van der Waals surface area contributed by atoms with Gasteiger partial charge in [0.25, 0.3) is 5.91 Å². The Morgan fingerprint density at radius 1 is 1.19 bits per heavy atom. The molecule has 0 radical (unpaired) electrons. The van der Waals surface area contributed by atoms with Crippen molar-refractivity contribution in [1.29, 1.82) is 0 Å². The average Bonchev–Trinajstić information content (AvgIpc) is 3.45. The number of aromatic nitrogens is 1. The third-order valence-corrected chi connectivity index (χ3v) is 5.14. The molecule has 1 aromatic heterocycles. The molecule has 2 aliphatic rings. The second kappa shape index (κ2) is 7.25. The van der Waals surface area contributed by atoms with E-state index in [1.165, 1.54) is 36.4 Å². The van der Waals surface area contributed by atoms with Crippen molar-refractivity contribution in [3.8, 4) is 5.75 Å². The Hall–Kier alpha value is -3.63. The Morgan fingerprint density at radius 3 is 2.45 bits per heavy atom. The zero-order chi connectivity index (χ0) is 22.4. The quantitative estimate of drug-likeness (QED) is 0.728. The smallest absolute Gasteiger partial charge is 0.406 e. The van der Waals surface area contributed by atoms with Crippen LogP contribution < -0.4 is 15.0 Å². The lowest BCUT2D eigenvalue weighted by atomic mass is 10.1. The highest BCUT2D eigenvalue weighted by molar-refractivity contribution is 6.24. The van der Waals surface area contributed by atoms with Crippen LogP contribution in [0.1, 0.15) is 25.3 Å². The number of amides is 4. The number of ether oxygens (including phenoxy) is 1. The van der Waals surface area contributed by atoms with E-state index < -0.39 is 29.6 Å². The molecule has 11 heteroatoms. The fourth-order valence-electron chi connectivity index (χ4n) is 3.59. The highest BCUT2D eigenvalue weighted by Crippen LogP contribution is 2.50. The Morgan fingerprint density at radius 2 is 1.87 bits per heavy atom. The van der Waals surface area contributed by atoms with Gasteiger partial charge in [0.15, 0.2) is 0 Å². The van der Waals surface area contributed by atoms with Gasteiger partial charge in [-0.25, -0.2) is 9.69 Å². The first-order valence-electron chi connectivity index (χ1n) is 9.33.